The van der Waals surface area contributed by atoms with Crippen LogP contribution in [-0.4, -0.2) is 50.7 Å². The Morgan fingerprint density at radius 1 is 1.40 bits per heavy atom. The molecular formula is C17H23F3N2O3. The van der Waals surface area contributed by atoms with E-state index >= 15 is 0 Å². The van der Waals surface area contributed by atoms with Crippen LogP contribution in [0, 0.1) is 6.92 Å². The number of nitrogens with one attached hydrogen (secondary N) is 2. The van der Waals surface area contributed by atoms with Crippen molar-refractivity contribution in [3.63, 3.8) is 0 Å². The highest BCUT2D eigenvalue weighted by Crippen LogP contribution is 2.14. The molecule has 1 aliphatic rings. The second-order valence-corrected chi connectivity index (χ2v) is 6.09. The molecule has 1 aromatic rings. The quantitative estimate of drug-likeness (QED) is 0.819. The third kappa shape index (κ3) is 7.31. The Morgan fingerprint density at radius 2 is 2.16 bits per heavy atom. The highest BCUT2D eigenvalue weighted by atomic mass is 19.4. The molecule has 0 aliphatic carbocycles. The molecule has 2 rings (SSSR count). The van der Waals surface area contributed by atoms with Gasteiger partial charge in [0.1, 0.15) is 13.2 Å². The number of hydrogen-bond acceptors (Lipinski definition) is 4. The van der Waals surface area contributed by atoms with Gasteiger partial charge in [-0.25, -0.2) is 4.79 Å². The van der Waals surface area contributed by atoms with Crippen LogP contribution in [0.1, 0.15) is 17.5 Å². The van der Waals surface area contributed by atoms with Crippen molar-refractivity contribution in [2.45, 2.75) is 38.1 Å². The van der Waals surface area contributed by atoms with Crippen LogP contribution in [0.4, 0.5) is 18.0 Å². The fraction of sp³-hybridized carbons (Fsp3) is 0.588. The molecule has 2 N–H and O–H groups in total. The minimum Gasteiger partial charge on any atom is -0.448 e. The maximum atomic E-state index is 12.0. The highest BCUT2D eigenvalue weighted by Gasteiger charge is 2.28. The van der Waals surface area contributed by atoms with E-state index in [-0.39, 0.29) is 18.8 Å². The van der Waals surface area contributed by atoms with Gasteiger partial charge >= 0.3 is 12.3 Å². The van der Waals surface area contributed by atoms with E-state index in [1.807, 2.05) is 12.1 Å². The summed E-state index contributed by atoms with van der Waals surface area (Å²) in [4.78, 5) is 11.2. The van der Waals surface area contributed by atoms with Crippen LogP contribution >= 0.6 is 0 Å². The van der Waals surface area contributed by atoms with E-state index in [4.69, 9.17) is 9.47 Å². The van der Waals surface area contributed by atoms with Gasteiger partial charge < -0.3 is 20.1 Å². The first-order chi connectivity index (χ1) is 11.8. The Morgan fingerprint density at radius 3 is 2.80 bits per heavy atom. The Labute approximate surface area is 144 Å². The molecule has 1 saturated heterocycles. The topological polar surface area (TPSA) is 59.6 Å². The van der Waals surface area contributed by atoms with Crippen molar-refractivity contribution in [1.82, 2.24) is 10.6 Å². The first kappa shape index (κ1) is 19.5. The van der Waals surface area contributed by atoms with Crippen LogP contribution in [0.25, 0.3) is 0 Å². The minimum absolute atomic E-state index is 0.0335. The number of alkyl halides is 3. The van der Waals surface area contributed by atoms with Crippen molar-refractivity contribution in [2.75, 3.05) is 26.3 Å². The van der Waals surface area contributed by atoms with Gasteiger partial charge in [0.05, 0.1) is 18.8 Å². The summed E-state index contributed by atoms with van der Waals surface area (Å²) >= 11 is 0. The van der Waals surface area contributed by atoms with Gasteiger partial charge in [-0.15, -0.1) is 0 Å². The molecule has 1 aromatic carbocycles. The summed E-state index contributed by atoms with van der Waals surface area (Å²) in [6.07, 6.45) is -3.68. The predicted octanol–water partition coefficient (Wildman–Crippen LogP) is 2.57. The average molecular weight is 360 g/mol. The molecule has 140 valence electrons. The molecule has 1 amide bonds. The van der Waals surface area contributed by atoms with Gasteiger partial charge in [0.2, 0.25) is 0 Å². The normalized spacial score (nSPS) is 21.0. The van der Waals surface area contributed by atoms with E-state index in [1.165, 1.54) is 11.1 Å². The van der Waals surface area contributed by atoms with Crippen LogP contribution in [0.15, 0.2) is 24.3 Å². The summed E-state index contributed by atoms with van der Waals surface area (Å²) in [6.45, 7) is 1.61. The maximum absolute atomic E-state index is 12.0. The smallest absolute Gasteiger partial charge is 0.407 e. The van der Waals surface area contributed by atoms with Crippen molar-refractivity contribution in [3.8, 4) is 0 Å². The summed E-state index contributed by atoms with van der Waals surface area (Å²) in [5.74, 6) is 0. The Kier molecular flexibility index (Phi) is 7.07. The number of carbonyl (C=O) groups excluding carboxylic acids is 1. The molecule has 0 saturated carbocycles. The first-order valence-corrected chi connectivity index (χ1v) is 8.20. The van der Waals surface area contributed by atoms with Gasteiger partial charge in [-0.2, -0.15) is 13.2 Å². The van der Waals surface area contributed by atoms with Crippen molar-refractivity contribution in [1.29, 1.82) is 0 Å². The van der Waals surface area contributed by atoms with E-state index < -0.39 is 18.8 Å². The van der Waals surface area contributed by atoms with Gasteiger partial charge in [-0.1, -0.05) is 24.3 Å². The fourth-order valence-electron chi connectivity index (χ4n) is 2.57. The van der Waals surface area contributed by atoms with Gasteiger partial charge in [-0.05, 0) is 30.9 Å². The van der Waals surface area contributed by atoms with Crippen LogP contribution in [0.3, 0.4) is 0 Å². The van der Waals surface area contributed by atoms with E-state index in [2.05, 4.69) is 24.4 Å². The largest absolute Gasteiger partial charge is 0.448 e. The van der Waals surface area contributed by atoms with Crippen LogP contribution in [0.5, 0.6) is 0 Å². The second-order valence-electron chi connectivity index (χ2n) is 6.09. The third-order valence-corrected chi connectivity index (χ3v) is 4.01. The number of benzene rings is 1. The molecule has 1 aliphatic heterocycles. The monoisotopic (exact) mass is 360 g/mol. The zero-order chi connectivity index (χ0) is 18.3. The summed E-state index contributed by atoms with van der Waals surface area (Å²) in [6, 6.07) is 7.98. The molecule has 0 bridgehead atoms. The lowest BCUT2D eigenvalue weighted by Crippen LogP contribution is -2.49. The van der Waals surface area contributed by atoms with Crippen molar-refractivity contribution < 1.29 is 27.4 Å². The van der Waals surface area contributed by atoms with Gasteiger partial charge in [-0.3, -0.25) is 0 Å². The highest BCUT2D eigenvalue weighted by molar-refractivity contribution is 5.67. The zero-order valence-corrected chi connectivity index (χ0v) is 14.1. The Balaban J connectivity index is 1.61. The van der Waals surface area contributed by atoms with E-state index in [1.54, 1.807) is 5.32 Å². The minimum atomic E-state index is -4.45. The standard InChI is InChI=1S/C17H23F3N2O3/c1-12-4-2-3-5-13(12)6-7-15-8-21-14(9-24-15)10-25-16(23)22-11-17(18,19)20/h2-5,14-15,21H,6-11H2,1H3,(H,22,23)/t14-,15+/m0/s1. The number of aryl methyl sites for hydroxylation is 2. The molecule has 1 fully saturated rings. The number of morpholine rings is 1. The van der Waals surface area contributed by atoms with Gasteiger partial charge in [0, 0.05) is 6.54 Å². The number of ether oxygens (including phenoxy) is 2. The average Bonchev–Trinajstić information content (AvgIpc) is 2.58. The lowest BCUT2D eigenvalue weighted by Gasteiger charge is -2.30. The molecule has 5 nitrogen and oxygen atoms in total. The molecule has 0 aromatic heterocycles. The zero-order valence-electron chi connectivity index (χ0n) is 14.1. The maximum Gasteiger partial charge on any atom is 0.407 e. The van der Waals surface area contributed by atoms with Crippen LogP contribution < -0.4 is 10.6 Å². The molecule has 0 unspecified atom stereocenters. The molecule has 25 heavy (non-hydrogen) atoms. The Hall–Kier alpha value is -1.80. The molecule has 2 atom stereocenters. The van der Waals surface area contributed by atoms with E-state index in [9.17, 15) is 18.0 Å². The third-order valence-electron chi connectivity index (χ3n) is 4.01. The molecule has 1 heterocycles. The number of carbonyl (C=O) groups is 1. The second kappa shape index (κ2) is 9.05. The van der Waals surface area contributed by atoms with Crippen molar-refractivity contribution in [3.05, 3.63) is 35.4 Å². The van der Waals surface area contributed by atoms with Gasteiger partial charge in [0.25, 0.3) is 0 Å². The number of alkyl carbamates (subject to hydrolysis) is 1. The van der Waals surface area contributed by atoms with Crippen molar-refractivity contribution in [2.24, 2.45) is 0 Å². The molecular weight excluding hydrogens is 337 g/mol. The molecule has 0 spiro atoms. The SMILES string of the molecule is Cc1ccccc1CC[C@@H]1CN[C@H](COC(=O)NCC(F)(F)F)CO1. The number of rotatable bonds is 6. The number of halogens is 3. The summed E-state index contributed by atoms with van der Waals surface area (Å²) in [5.41, 5.74) is 2.54. The summed E-state index contributed by atoms with van der Waals surface area (Å²) in [7, 11) is 0. The lowest BCUT2D eigenvalue weighted by molar-refractivity contribution is -0.123. The predicted molar refractivity (Wildman–Crippen MR) is 86.4 cm³/mol. The molecule has 8 heteroatoms. The number of amides is 1. The lowest BCUT2D eigenvalue weighted by atomic mass is 10.0. The van der Waals surface area contributed by atoms with Crippen molar-refractivity contribution >= 4 is 6.09 Å². The van der Waals surface area contributed by atoms with Gasteiger partial charge in [0.15, 0.2) is 0 Å². The summed E-state index contributed by atoms with van der Waals surface area (Å²) in [5, 5.41) is 4.86. The fourth-order valence-corrected chi connectivity index (χ4v) is 2.57. The Bertz CT molecular complexity index is 558. The molecule has 0 radical (unpaired) electrons. The first-order valence-electron chi connectivity index (χ1n) is 8.20. The number of hydrogen-bond donors (Lipinski definition) is 2. The summed E-state index contributed by atoms with van der Waals surface area (Å²) < 4.78 is 46.4. The van der Waals surface area contributed by atoms with E-state index in [0.717, 1.165) is 12.8 Å². The van der Waals surface area contributed by atoms with E-state index in [0.29, 0.717) is 13.2 Å². The van der Waals surface area contributed by atoms with Crippen LogP contribution in [-0.2, 0) is 15.9 Å². The van der Waals surface area contributed by atoms with Crippen LogP contribution in [0.2, 0.25) is 0 Å².